The lowest BCUT2D eigenvalue weighted by Gasteiger charge is -2.36. The molecule has 1 atom stereocenters. The van der Waals surface area contributed by atoms with Crippen molar-refractivity contribution in [1.82, 2.24) is 14.5 Å². The number of aromatic nitrogens is 2. The fourth-order valence-corrected chi connectivity index (χ4v) is 3.18. The van der Waals surface area contributed by atoms with Gasteiger partial charge in [0.1, 0.15) is 11.3 Å². The zero-order valence-corrected chi connectivity index (χ0v) is 19.3. The average Bonchev–Trinajstić information content (AvgIpc) is 3.09. The first kappa shape index (κ1) is 26.3. The van der Waals surface area contributed by atoms with Crippen molar-refractivity contribution >= 4 is 18.0 Å². The molecule has 0 aromatic carbocycles. The molecule has 0 aliphatic carbocycles. The van der Waals surface area contributed by atoms with Crippen LogP contribution in [-0.4, -0.2) is 76.2 Å². The number of hydrogen-bond donors (Lipinski definition) is 1. The highest BCUT2D eigenvalue weighted by atomic mass is 19.4. The van der Waals surface area contributed by atoms with Crippen molar-refractivity contribution in [1.29, 1.82) is 0 Å². The van der Waals surface area contributed by atoms with Gasteiger partial charge in [0, 0.05) is 26.2 Å². The van der Waals surface area contributed by atoms with E-state index in [1.54, 1.807) is 32.6 Å². The third-order valence-corrected chi connectivity index (χ3v) is 4.64. The Labute approximate surface area is 190 Å². The summed E-state index contributed by atoms with van der Waals surface area (Å²) in [6, 6.07) is 0. The van der Waals surface area contributed by atoms with E-state index in [1.807, 2.05) is 0 Å². The van der Waals surface area contributed by atoms with Gasteiger partial charge in [-0.25, -0.2) is 14.6 Å². The molecule has 1 aliphatic heterocycles. The largest absolute Gasteiger partial charge is 0.461 e. The van der Waals surface area contributed by atoms with Gasteiger partial charge in [0.2, 0.25) is 5.95 Å². The van der Waals surface area contributed by atoms with Gasteiger partial charge in [-0.1, -0.05) is 5.92 Å². The minimum atomic E-state index is -5.04. The molecule has 0 spiro atoms. The Bertz CT molecular complexity index is 919. The highest BCUT2D eigenvalue weighted by Crippen LogP contribution is 2.36. The van der Waals surface area contributed by atoms with Crippen LogP contribution in [0.15, 0.2) is 0 Å². The first-order valence-corrected chi connectivity index (χ1v) is 10.4. The van der Waals surface area contributed by atoms with Crippen LogP contribution in [0.3, 0.4) is 0 Å². The molecule has 1 aromatic heterocycles. The summed E-state index contributed by atoms with van der Waals surface area (Å²) in [6.07, 6.45) is -8.51. The predicted molar refractivity (Wildman–Crippen MR) is 113 cm³/mol. The number of aliphatic hydroxyl groups excluding tert-OH is 1. The monoisotopic (exact) mass is 474 g/mol. The van der Waals surface area contributed by atoms with Gasteiger partial charge in [-0.15, -0.1) is 5.92 Å². The predicted octanol–water partition coefficient (Wildman–Crippen LogP) is 2.74. The van der Waals surface area contributed by atoms with Crippen LogP contribution < -0.4 is 4.90 Å². The third kappa shape index (κ3) is 6.54. The van der Waals surface area contributed by atoms with Gasteiger partial charge in [-0.2, -0.15) is 13.2 Å². The molecule has 184 valence electrons. The summed E-state index contributed by atoms with van der Waals surface area (Å²) in [5.41, 5.74) is -2.02. The van der Waals surface area contributed by atoms with E-state index in [0.717, 1.165) is 0 Å². The average molecular weight is 474 g/mol. The molecule has 9 nitrogen and oxygen atoms in total. The number of ether oxygens (including phenoxy) is 2. The zero-order valence-electron chi connectivity index (χ0n) is 19.3. The van der Waals surface area contributed by atoms with E-state index in [4.69, 9.17) is 9.47 Å². The quantitative estimate of drug-likeness (QED) is 0.518. The molecule has 2 rings (SSSR count). The van der Waals surface area contributed by atoms with Gasteiger partial charge in [0.15, 0.2) is 11.8 Å². The van der Waals surface area contributed by atoms with Gasteiger partial charge in [-0.3, -0.25) is 4.57 Å². The van der Waals surface area contributed by atoms with Gasteiger partial charge < -0.3 is 24.4 Å². The Morgan fingerprint density at radius 1 is 1.18 bits per heavy atom. The van der Waals surface area contributed by atoms with Crippen molar-refractivity contribution in [3.63, 3.8) is 0 Å². The lowest BCUT2D eigenvalue weighted by atomic mass is 10.2. The molecule has 33 heavy (non-hydrogen) atoms. The Morgan fingerprint density at radius 2 is 1.79 bits per heavy atom. The molecule has 0 bridgehead atoms. The summed E-state index contributed by atoms with van der Waals surface area (Å²) in [5.74, 6) is 4.34. The number of carbonyl (C=O) groups is 2. The smallest absolute Gasteiger partial charge is 0.420 e. The van der Waals surface area contributed by atoms with Crippen LogP contribution in [0.1, 0.15) is 56.9 Å². The summed E-state index contributed by atoms with van der Waals surface area (Å²) in [5, 5.41) is 9.91. The number of nitrogens with zero attached hydrogens (tertiary/aromatic N) is 4. The van der Waals surface area contributed by atoms with Crippen LogP contribution in [0.2, 0.25) is 0 Å². The molecule has 1 aliphatic rings. The Hall–Kier alpha value is -2.94. The standard InChI is InChI=1S/C21H29F3N4O5/c1-6-8-9-28-15(17(30)32-7-2)14(16(29)21(22,23)24)25-18(28)26-10-12-27(13-11-26)19(31)33-20(3,4)5/h16,29H,7,9-13H2,1-5H3. The molecule has 1 N–H and O–H groups in total. The fraction of sp³-hybridized carbons (Fsp3) is 0.667. The summed E-state index contributed by atoms with van der Waals surface area (Å²) >= 11 is 0. The normalized spacial score (nSPS) is 15.5. The highest BCUT2D eigenvalue weighted by Gasteiger charge is 2.45. The van der Waals surface area contributed by atoms with E-state index < -0.39 is 41.3 Å². The van der Waals surface area contributed by atoms with Gasteiger partial charge >= 0.3 is 18.2 Å². The van der Waals surface area contributed by atoms with Crippen LogP contribution >= 0.6 is 0 Å². The van der Waals surface area contributed by atoms with Crippen LogP contribution in [0.25, 0.3) is 0 Å². The Morgan fingerprint density at radius 3 is 2.27 bits per heavy atom. The van der Waals surface area contributed by atoms with E-state index in [9.17, 15) is 27.9 Å². The first-order valence-electron chi connectivity index (χ1n) is 10.4. The van der Waals surface area contributed by atoms with Crippen molar-refractivity contribution in [3.8, 4) is 11.8 Å². The number of halogens is 3. The third-order valence-electron chi connectivity index (χ3n) is 4.64. The SMILES string of the molecule is CC#CCn1c(N2CCN(C(=O)OC(C)(C)C)CC2)nc(C(O)C(F)(F)F)c1C(=O)OCC. The molecule has 1 unspecified atom stereocenters. The fourth-order valence-electron chi connectivity index (χ4n) is 3.18. The molecule has 12 heteroatoms. The Kier molecular flexibility index (Phi) is 8.24. The summed E-state index contributed by atoms with van der Waals surface area (Å²) in [6.45, 7) is 9.00. The van der Waals surface area contributed by atoms with Crippen LogP contribution in [0.4, 0.5) is 23.9 Å². The second-order valence-electron chi connectivity index (χ2n) is 8.28. The number of aliphatic hydroxyl groups is 1. The molecule has 0 saturated carbocycles. The number of anilines is 1. The lowest BCUT2D eigenvalue weighted by Crippen LogP contribution is -2.50. The number of amides is 1. The number of carbonyl (C=O) groups excluding carboxylic acids is 2. The summed E-state index contributed by atoms with van der Waals surface area (Å²) in [7, 11) is 0. The lowest BCUT2D eigenvalue weighted by molar-refractivity contribution is -0.208. The minimum absolute atomic E-state index is 0.0305. The van der Waals surface area contributed by atoms with Crippen molar-refractivity contribution in [2.75, 3.05) is 37.7 Å². The zero-order chi connectivity index (χ0) is 25.0. The summed E-state index contributed by atoms with van der Waals surface area (Å²) < 4.78 is 51.5. The Balaban J connectivity index is 2.42. The van der Waals surface area contributed by atoms with E-state index >= 15 is 0 Å². The van der Waals surface area contributed by atoms with Crippen LogP contribution in [0.5, 0.6) is 0 Å². The van der Waals surface area contributed by atoms with E-state index in [2.05, 4.69) is 16.8 Å². The highest BCUT2D eigenvalue weighted by molar-refractivity contribution is 5.90. The summed E-state index contributed by atoms with van der Waals surface area (Å²) in [4.78, 5) is 32.0. The van der Waals surface area contributed by atoms with Crippen molar-refractivity contribution in [2.45, 2.75) is 59.0 Å². The van der Waals surface area contributed by atoms with Gasteiger partial charge in [-0.05, 0) is 34.6 Å². The minimum Gasteiger partial charge on any atom is -0.461 e. The number of esters is 1. The van der Waals surface area contributed by atoms with Crippen molar-refractivity contribution in [3.05, 3.63) is 11.4 Å². The number of imidazole rings is 1. The number of alkyl halides is 3. The van der Waals surface area contributed by atoms with Gasteiger partial charge in [0.05, 0.1) is 13.2 Å². The van der Waals surface area contributed by atoms with E-state index in [0.29, 0.717) is 0 Å². The molecule has 1 fully saturated rings. The van der Waals surface area contributed by atoms with Crippen LogP contribution in [-0.2, 0) is 16.0 Å². The molecular formula is C21H29F3N4O5. The van der Waals surface area contributed by atoms with E-state index in [-0.39, 0.29) is 45.3 Å². The second-order valence-corrected chi connectivity index (χ2v) is 8.28. The number of rotatable bonds is 5. The topological polar surface area (TPSA) is 97.1 Å². The second kappa shape index (κ2) is 10.3. The van der Waals surface area contributed by atoms with Gasteiger partial charge in [0.25, 0.3) is 0 Å². The number of piperazine rings is 1. The first-order chi connectivity index (χ1) is 15.3. The maximum absolute atomic E-state index is 13.3. The molecule has 2 heterocycles. The molecular weight excluding hydrogens is 445 g/mol. The maximum Gasteiger partial charge on any atom is 0.420 e. The maximum atomic E-state index is 13.3. The van der Waals surface area contributed by atoms with E-state index in [1.165, 1.54) is 16.4 Å². The van der Waals surface area contributed by atoms with Crippen LogP contribution in [0, 0.1) is 11.8 Å². The number of hydrogen-bond acceptors (Lipinski definition) is 7. The molecule has 1 aromatic rings. The molecule has 1 saturated heterocycles. The van der Waals surface area contributed by atoms with Crippen molar-refractivity contribution in [2.24, 2.45) is 0 Å². The van der Waals surface area contributed by atoms with Crippen molar-refractivity contribution < 1.29 is 37.3 Å². The molecule has 0 radical (unpaired) electrons. The molecule has 1 amide bonds.